The Bertz CT molecular complexity index is 373. The van der Waals surface area contributed by atoms with Crippen LogP contribution in [-0.4, -0.2) is 40.7 Å². The van der Waals surface area contributed by atoms with E-state index in [4.69, 9.17) is 4.52 Å². The van der Waals surface area contributed by atoms with Gasteiger partial charge in [-0.2, -0.15) is 4.98 Å². The monoisotopic (exact) mass is 224 g/mol. The quantitative estimate of drug-likeness (QED) is 0.818. The first-order chi connectivity index (χ1) is 7.66. The van der Waals surface area contributed by atoms with E-state index in [9.17, 15) is 4.79 Å². The van der Waals surface area contributed by atoms with Crippen LogP contribution >= 0.6 is 0 Å². The summed E-state index contributed by atoms with van der Waals surface area (Å²) in [6, 6.07) is 0.407. The van der Waals surface area contributed by atoms with Crippen molar-refractivity contribution in [2.24, 2.45) is 0 Å². The lowest BCUT2D eigenvalue weighted by Crippen LogP contribution is -2.39. The van der Waals surface area contributed by atoms with Gasteiger partial charge in [0.25, 0.3) is 0 Å². The smallest absolute Gasteiger partial charge is 0.317 e. The van der Waals surface area contributed by atoms with Crippen molar-refractivity contribution in [1.29, 1.82) is 0 Å². The first kappa shape index (κ1) is 10.9. The van der Waals surface area contributed by atoms with E-state index in [1.54, 1.807) is 11.8 Å². The molecular weight excluding hydrogens is 208 g/mol. The van der Waals surface area contributed by atoms with Crippen molar-refractivity contribution in [3.05, 3.63) is 11.7 Å². The summed E-state index contributed by atoms with van der Waals surface area (Å²) in [6.45, 7) is 2.30. The number of nitrogens with zero attached hydrogens (tertiary/aromatic N) is 3. The lowest BCUT2D eigenvalue weighted by molar-refractivity contribution is 0.206. The zero-order valence-electron chi connectivity index (χ0n) is 9.56. The van der Waals surface area contributed by atoms with Gasteiger partial charge in [-0.3, -0.25) is 0 Å². The summed E-state index contributed by atoms with van der Waals surface area (Å²) in [6.07, 6.45) is 2.81. The van der Waals surface area contributed by atoms with E-state index in [-0.39, 0.29) is 6.03 Å². The van der Waals surface area contributed by atoms with Gasteiger partial charge in [-0.15, -0.1) is 0 Å². The number of carbonyl (C=O) groups excluding carboxylic acids is 1. The Balaban J connectivity index is 1.69. The molecule has 1 aromatic rings. The van der Waals surface area contributed by atoms with Crippen LogP contribution in [0, 0.1) is 6.92 Å². The fraction of sp³-hybridized carbons (Fsp3) is 0.700. The molecule has 2 amide bonds. The number of nitrogens with one attached hydrogen (secondary N) is 1. The number of hydrogen-bond donors (Lipinski definition) is 1. The molecule has 6 heteroatoms. The van der Waals surface area contributed by atoms with Gasteiger partial charge in [0.15, 0.2) is 5.82 Å². The molecular formula is C10H16N4O2. The zero-order chi connectivity index (χ0) is 11.5. The fourth-order valence-electron chi connectivity index (χ4n) is 1.47. The van der Waals surface area contributed by atoms with E-state index in [1.165, 1.54) is 0 Å². The maximum atomic E-state index is 11.6. The van der Waals surface area contributed by atoms with Crippen LogP contribution in [0.5, 0.6) is 0 Å². The molecule has 1 heterocycles. The highest BCUT2D eigenvalue weighted by molar-refractivity contribution is 5.74. The van der Waals surface area contributed by atoms with Crippen LogP contribution in [0.15, 0.2) is 4.52 Å². The predicted octanol–water partition coefficient (Wildman–Crippen LogP) is 0.724. The maximum absolute atomic E-state index is 11.6. The molecule has 1 saturated carbocycles. The standard InChI is InChI=1S/C10H16N4O2/c1-7-12-9(16-13-7)5-6-11-10(15)14(2)8-3-4-8/h8H,3-6H2,1-2H3,(H,11,15). The minimum absolute atomic E-state index is 0.0289. The molecule has 1 aliphatic rings. The molecule has 1 aromatic heterocycles. The van der Waals surface area contributed by atoms with Gasteiger partial charge >= 0.3 is 6.03 Å². The molecule has 0 spiro atoms. The van der Waals surface area contributed by atoms with Gasteiger partial charge in [0, 0.05) is 26.1 Å². The van der Waals surface area contributed by atoms with Crippen molar-refractivity contribution in [2.75, 3.05) is 13.6 Å². The average molecular weight is 224 g/mol. The lowest BCUT2D eigenvalue weighted by Gasteiger charge is -2.16. The van der Waals surface area contributed by atoms with E-state index < -0.39 is 0 Å². The molecule has 0 atom stereocenters. The van der Waals surface area contributed by atoms with Gasteiger partial charge in [0.2, 0.25) is 5.89 Å². The number of aromatic nitrogens is 2. The summed E-state index contributed by atoms with van der Waals surface area (Å²) in [5.74, 6) is 1.18. The number of carbonyl (C=O) groups is 1. The minimum atomic E-state index is -0.0289. The van der Waals surface area contributed by atoms with Crippen LogP contribution in [0.25, 0.3) is 0 Å². The van der Waals surface area contributed by atoms with Crippen LogP contribution in [-0.2, 0) is 6.42 Å². The van der Waals surface area contributed by atoms with Gasteiger partial charge in [0.05, 0.1) is 0 Å². The number of urea groups is 1. The van der Waals surface area contributed by atoms with E-state index in [0.29, 0.717) is 30.7 Å². The van der Waals surface area contributed by atoms with Gasteiger partial charge in [-0.05, 0) is 19.8 Å². The van der Waals surface area contributed by atoms with Gasteiger partial charge in [0.1, 0.15) is 0 Å². The highest BCUT2D eigenvalue weighted by Crippen LogP contribution is 2.24. The molecule has 0 bridgehead atoms. The maximum Gasteiger partial charge on any atom is 0.317 e. The summed E-state index contributed by atoms with van der Waals surface area (Å²) in [5, 5.41) is 6.50. The highest BCUT2D eigenvalue weighted by Gasteiger charge is 2.29. The molecule has 0 aliphatic heterocycles. The van der Waals surface area contributed by atoms with Crippen LogP contribution in [0.1, 0.15) is 24.6 Å². The van der Waals surface area contributed by atoms with E-state index in [1.807, 2.05) is 7.05 Å². The van der Waals surface area contributed by atoms with E-state index in [0.717, 1.165) is 12.8 Å². The Morgan fingerprint density at radius 2 is 2.38 bits per heavy atom. The molecule has 1 N–H and O–H groups in total. The molecule has 0 aromatic carbocycles. The minimum Gasteiger partial charge on any atom is -0.339 e. The third-order valence-electron chi connectivity index (χ3n) is 2.60. The highest BCUT2D eigenvalue weighted by atomic mass is 16.5. The third kappa shape index (κ3) is 2.71. The number of rotatable bonds is 4. The summed E-state index contributed by atoms with van der Waals surface area (Å²) in [4.78, 5) is 17.4. The van der Waals surface area contributed by atoms with Crippen molar-refractivity contribution < 1.29 is 9.32 Å². The van der Waals surface area contributed by atoms with Crippen molar-refractivity contribution in [3.63, 3.8) is 0 Å². The summed E-state index contributed by atoms with van der Waals surface area (Å²) in [7, 11) is 1.82. The summed E-state index contributed by atoms with van der Waals surface area (Å²) in [5.41, 5.74) is 0. The molecule has 16 heavy (non-hydrogen) atoms. The summed E-state index contributed by atoms with van der Waals surface area (Å²) < 4.78 is 4.94. The van der Waals surface area contributed by atoms with Crippen molar-refractivity contribution in [2.45, 2.75) is 32.2 Å². The molecule has 1 aliphatic carbocycles. The number of hydrogen-bond acceptors (Lipinski definition) is 4. The number of amides is 2. The molecule has 0 radical (unpaired) electrons. The van der Waals surface area contributed by atoms with Crippen molar-refractivity contribution in [1.82, 2.24) is 20.4 Å². The van der Waals surface area contributed by atoms with Crippen LogP contribution in [0.2, 0.25) is 0 Å². The second-order valence-corrected chi connectivity index (χ2v) is 4.06. The Labute approximate surface area is 94.0 Å². The van der Waals surface area contributed by atoms with E-state index >= 15 is 0 Å². The van der Waals surface area contributed by atoms with Crippen LogP contribution in [0.4, 0.5) is 4.79 Å². The first-order valence-corrected chi connectivity index (χ1v) is 5.46. The average Bonchev–Trinajstić information content (AvgIpc) is 3.02. The predicted molar refractivity (Wildman–Crippen MR) is 56.9 cm³/mol. The largest absolute Gasteiger partial charge is 0.339 e. The molecule has 0 unspecified atom stereocenters. The van der Waals surface area contributed by atoms with Crippen LogP contribution < -0.4 is 5.32 Å². The second-order valence-electron chi connectivity index (χ2n) is 4.06. The Kier molecular flexibility index (Phi) is 3.07. The SMILES string of the molecule is Cc1noc(CCNC(=O)N(C)C2CC2)n1. The lowest BCUT2D eigenvalue weighted by atomic mass is 10.4. The zero-order valence-corrected chi connectivity index (χ0v) is 9.56. The topological polar surface area (TPSA) is 71.3 Å². The second kappa shape index (κ2) is 4.51. The molecule has 2 rings (SSSR count). The van der Waals surface area contributed by atoms with E-state index in [2.05, 4.69) is 15.5 Å². The van der Waals surface area contributed by atoms with Crippen molar-refractivity contribution in [3.8, 4) is 0 Å². The molecule has 88 valence electrons. The number of aryl methyl sites for hydroxylation is 1. The fourth-order valence-corrected chi connectivity index (χ4v) is 1.47. The normalized spacial score (nSPS) is 14.9. The Hall–Kier alpha value is -1.59. The molecule has 6 nitrogen and oxygen atoms in total. The van der Waals surface area contributed by atoms with Gasteiger partial charge < -0.3 is 14.7 Å². The third-order valence-corrected chi connectivity index (χ3v) is 2.60. The molecule has 0 saturated heterocycles. The first-order valence-electron chi connectivity index (χ1n) is 5.46. The Morgan fingerprint density at radius 3 is 2.94 bits per heavy atom. The summed E-state index contributed by atoms with van der Waals surface area (Å²) >= 11 is 0. The van der Waals surface area contributed by atoms with Gasteiger partial charge in [-0.1, -0.05) is 5.16 Å². The van der Waals surface area contributed by atoms with Gasteiger partial charge in [-0.25, -0.2) is 4.79 Å². The van der Waals surface area contributed by atoms with Crippen LogP contribution in [0.3, 0.4) is 0 Å². The Morgan fingerprint density at radius 1 is 1.62 bits per heavy atom. The molecule has 1 fully saturated rings. The van der Waals surface area contributed by atoms with Crippen molar-refractivity contribution >= 4 is 6.03 Å².